The molecule has 7 nitrogen and oxygen atoms in total. The molecule has 1 amide bonds. The van der Waals surface area contributed by atoms with E-state index in [-0.39, 0.29) is 11.5 Å². The van der Waals surface area contributed by atoms with Gasteiger partial charge in [0.05, 0.1) is 27.6 Å². The number of carbonyl (C=O) groups excluding carboxylic acids is 1. The second-order valence-electron chi connectivity index (χ2n) is 7.60. The third-order valence-corrected chi connectivity index (χ3v) is 6.97. The molecule has 1 aliphatic rings. The van der Waals surface area contributed by atoms with E-state index >= 15 is 0 Å². The normalized spacial score (nSPS) is 15.4. The van der Waals surface area contributed by atoms with Gasteiger partial charge in [-0.25, -0.2) is 9.97 Å². The maximum absolute atomic E-state index is 13.1. The molecule has 29 heavy (non-hydrogen) atoms. The molecule has 4 heterocycles. The molecular formula is C21H21N5O2S. The molecule has 0 radical (unpaired) electrons. The molecule has 1 aliphatic heterocycles. The lowest BCUT2D eigenvalue weighted by molar-refractivity contribution is 0.0715. The zero-order valence-electron chi connectivity index (χ0n) is 16.3. The van der Waals surface area contributed by atoms with E-state index in [1.54, 1.807) is 7.05 Å². The predicted molar refractivity (Wildman–Crippen MR) is 114 cm³/mol. The average molecular weight is 407 g/mol. The lowest BCUT2D eigenvalue weighted by Crippen LogP contribution is -2.38. The number of thiophene rings is 1. The summed E-state index contributed by atoms with van der Waals surface area (Å²) in [6, 6.07) is 8.04. The van der Waals surface area contributed by atoms with Crippen LogP contribution in [0.25, 0.3) is 21.3 Å². The SMILES string of the molecule is Cc1c(C(=O)N2CCC(c3nc4ccccc4[nH]3)CC2)sc2ncn(C)c(=O)c12. The molecule has 0 atom stereocenters. The van der Waals surface area contributed by atoms with Crippen molar-refractivity contribution in [3.8, 4) is 0 Å². The smallest absolute Gasteiger partial charge is 0.264 e. The number of aromatic amines is 1. The summed E-state index contributed by atoms with van der Waals surface area (Å²) in [7, 11) is 1.68. The molecule has 1 saturated heterocycles. The second-order valence-corrected chi connectivity index (χ2v) is 8.60. The summed E-state index contributed by atoms with van der Waals surface area (Å²) in [6.45, 7) is 3.20. The number of amides is 1. The van der Waals surface area contributed by atoms with Gasteiger partial charge in [-0.15, -0.1) is 11.3 Å². The summed E-state index contributed by atoms with van der Waals surface area (Å²) >= 11 is 1.31. The van der Waals surface area contributed by atoms with E-state index in [1.165, 1.54) is 22.2 Å². The van der Waals surface area contributed by atoms with Gasteiger partial charge in [0.2, 0.25) is 0 Å². The summed E-state index contributed by atoms with van der Waals surface area (Å²) in [6.07, 6.45) is 3.25. The third-order valence-electron chi connectivity index (χ3n) is 5.78. The Morgan fingerprint density at radius 3 is 2.76 bits per heavy atom. The molecular weight excluding hydrogens is 386 g/mol. The zero-order chi connectivity index (χ0) is 20.1. The monoisotopic (exact) mass is 407 g/mol. The molecule has 4 aromatic rings. The van der Waals surface area contributed by atoms with Gasteiger partial charge in [-0.05, 0) is 37.5 Å². The number of fused-ring (bicyclic) bond motifs is 2. The van der Waals surface area contributed by atoms with Crippen LogP contribution < -0.4 is 5.56 Å². The number of hydrogen-bond acceptors (Lipinski definition) is 5. The minimum atomic E-state index is -0.105. The molecule has 0 aliphatic carbocycles. The van der Waals surface area contributed by atoms with Crippen LogP contribution in [0.1, 0.15) is 39.8 Å². The maximum Gasteiger partial charge on any atom is 0.264 e. The fraction of sp³-hybridized carbons (Fsp3) is 0.333. The van der Waals surface area contributed by atoms with Crippen LogP contribution in [0.5, 0.6) is 0 Å². The first-order valence-corrected chi connectivity index (χ1v) is 10.5. The number of nitrogens with one attached hydrogen (secondary N) is 1. The van der Waals surface area contributed by atoms with Crippen LogP contribution in [0, 0.1) is 6.92 Å². The van der Waals surface area contributed by atoms with Crippen LogP contribution in [0.4, 0.5) is 0 Å². The minimum Gasteiger partial charge on any atom is -0.342 e. The van der Waals surface area contributed by atoms with Crippen molar-refractivity contribution in [2.24, 2.45) is 7.05 Å². The number of carbonyl (C=O) groups is 1. The second kappa shape index (κ2) is 6.81. The topological polar surface area (TPSA) is 83.9 Å². The van der Waals surface area contributed by atoms with E-state index in [0.717, 1.165) is 35.3 Å². The molecule has 1 N–H and O–H groups in total. The van der Waals surface area contributed by atoms with E-state index < -0.39 is 0 Å². The van der Waals surface area contributed by atoms with Crippen molar-refractivity contribution in [2.75, 3.05) is 13.1 Å². The average Bonchev–Trinajstić information content (AvgIpc) is 3.32. The Hall–Kier alpha value is -3.00. The number of imidazole rings is 1. The van der Waals surface area contributed by atoms with E-state index in [4.69, 9.17) is 4.98 Å². The Labute approximate surface area is 171 Å². The van der Waals surface area contributed by atoms with Crippen LogP contribution in [0.2, 0.25) is 0 Å². The molecule has 0 bridgehead atoms. The van der Waals surface area contributed by atoms with E-state index in [0.29, 0.717) is 34.1 Å². The van der Waals surface area contributed by atoms with Crippen LogP contribution in [0.3, 0.4) is 0 Å². The molecule has 0 unspecified atom stereocenters. The first kappa shape index (κ1) is 18.1. The Bertz CT molecular complexity index is 1260. The van der Waals surface area contributed by atoms with Gasteiger partial charge >= 0.3 is 0 Å². The van der Waals surface area contributed by atoms with Gasteiger partial charge in [0.25, 0.3) is 11.5 Å². The third kappa shape index (κ3) is 2.95. The van der Waals surface area contributed by atoms with Crippen LogP contribution in [-0.2, 0) is 7.05 Å². The van der Waals surface area contributed by atoms with Gasteiger partial charge in [0.1, 0.15) is 10.7 Å². The van der Waals surface area contributed by atoms with Gasteiger partial charge in [-0.3, -0.25) is 9.59 Å². The number of rotatable bonds is 2. The Morgan fingerprint density at radius 2 is 2.00 bits per heavy atom. The van der Waals surface area contributed by atoms with Crippen LogP contribution in [0.15, 0.2) is 35.4 Å². The van der Waals surface area contributed by atoms with Crippen LogP contribution in [-0.4, -0.2) is 43.4 Å². The number of benzene rings is 1. The molecule has 0 spiro atoms. The number of piperidine rings is 1. The van der Waals surface area contributed by atoms with E-state index in [9.17, 15) is 9.59 Å². The number of aromatic nitrogens is 4. The highest BCUT2D eigenvalue weighted by atomic mass is 32.1. The first-order valence-electron chi connectivity index (χ1n) is 9.71. The summed E-state index contributed by atoms with van der Waals surface area (Å²) in [5.41, 5.74) is 2.67. The fourth-order valence-electron chi connectivity index (χ4n) is 4.08. The van der Waals surface area contributed by atoms with Gasteiger partial charge in [0, 0.05) is 26.1 Å². The number of nitrogens with zero attached hydrogens (tertiary/aromatic N) is 4. The summed E-state index contributed by atoms with van der Waals surface area (Å²) < 4.78 is 1.45. The number of para-hydroxylation sites is 2. The summed E-state index contributed by atoms with van der Waals surface area (Å²) in [4.78, 5) is 41.2. The van der Waals surface area contributed by atoms with Crippen molar-refractivity contribution in [1.29, 1.82) is 0 Å². The molecule has 5 rings (SSSR count). The number of hydrogen-bond donors (Lipinski definition) is 1. The highest BCUT2D eigenvalue weighted by Gasteiger charge is 2.29. The highest BCUT2D eigenvalue weighted by Crippen LogP contribution is 2.32. The zero-order valence-corrected chi connectivity index (χ0v) is 17.1. The van der Waals surface area contributed by atoms with Crippen molar-refractivity contribution in [2.45, 2.75) is 25.7 Å². The molecule has 0 saturated carbocycles. The predicted octanol–water partition coefficient (Wildman–Crippen LogP) is 3.20. The molecule has 148 valence electrons. The van der Waals surface area contributed by atoms with Crippen LogP contribution >= 0.6 is 11.3 Å². The number of H-pyrrole nitrogens is 1. The summed E-state index contributed by atoms with van der Waals surface area (Å²) in [5.74, 6) is 1.32. The van der Waals surface area contributed by atoms with Crippen molar-refractivity contribution in [3.63, 3.8) is 0 Å². The molecule has 8 heteroatoms. The quantitative estimate of drug-likeness (QED) is 0.553. The largest absolute Gasteiger partial charge is 0.342 e. The Balaban J connectivity index is 1.36. The van der Waals surface area contributed by atoms with Gasteiger partial charge in [0.15, 0.2) is 0 Å². The standard InChI is InChI=1S/C21H21N5O2S/c1-12-16-19(22-11-25(2)20(16)27)29-17(12)21(28)26-9-7-13(8-10-26)18-23-14-5-3-4-6-15(14)24-18/h3-6,11,13H,7-10H2,1-2H3,(H,23,24). The Morgan fingerprint density at radius 1 is 1.24 bits per heavy atom. The fourth-order valence-corrected chi connectivity index (χ4v) is 5.19. The molecule has 1 aromatic carbocycles. The Kier molecular flexibility index (Phi) is 4.24. The van der Waals surface area contributed by atoms with Crippen molar-refractivity contribution in [1.82, 2.24) is 24.4 Å². The highest BCUT2D eigenvalue weighted by molar-refractivity contribution is 7.20. The maximum atomic E-state index is 13.1. The van der Waals surface area contributed by atoms with Crippen molar-refractivity contribution >= 4 is 38.5 Å². The lowest BCUT2D eigenvalue weighted by Gasteiger charge is -2.31. The minimum absolute atomic E-state index is 0.00407. The van der Waals surface area contributed by atoms with Gasteiger partial charge in [-0.1, -0.05) is 12.1 Å². The van der Waals surface area contributed by atoms with Crippen molar-refractivity contribution in [3.05, 3.63) is 57.2 Å². The summed E-state index contributed by atoms with van der Waals surface area (Å²) in [5, 5.41) is 0.556. The number of likely N-dealkylation sites (tertiary alicyclic amines) is 1. The van der Waals surface area contributed by atoms with E-state index in [1.807, 2.05) is 36.1 Å². The lowest BCUT2D eigenvalue weighted by atomic mass is 9.96. The number of aryl methyl sites for hydroxylation is 2. The molecule has 1 fully saturated rings. The van der Waals surface area contributed by atoms with Crippen molar-refractivity contribution < 1.29 is 4.79 Å². The first-order chi connectivity index (χ1) is 14.0. The molecule has 3 aromatic heterocycles. The van der Waals surface area contributed by atoms with Gasteiger partial charge < -0.3 is 14.5 Å². The van der Waals surface area contributed by atoms with Gasteiger partial charge in [-0.2, -0.15) is 0 Å². The van der Waals surface area contributed by atoms with E-state index in [2.05, 4.69) is 9.97 Å².